The molecule has 0 heterocycles. The number of hydrogen-bond donors (Lipinski definition) is 1. The molecule has 0 amide bonds. The van der Waals surface area contributed by atoms with Gasteiger partial charge in [0.1, 0.15) is 0 Å². The Morgan fingerprint density at radius 2 is 1.81 bits per heavy atom. The van der Waals surface area contributed by atoms with E-state index in [4.69, 9.17) is 9.16 Å². The summed E-state index contributed by atoms with van der Waals surface area (Å²) in [5.41, 5.74) is 2.37. The molecule has 1 rings (SSSR count). The summed E-state index contributed by atoms with van der Waals surface area (Å²) in [4.78, 5) is 0. The van der Waals surface area contributed by atoms with Crippen LogP contribution in [0.15, 0.2) is 24.3 Å². The summed E-state index contributed by atoms with van der Waals surface area (Å²) in [6.45, 7) is 13.5. The predicted octanol–water partition coefficient (Wildman–Crippen LogP) is 3.94. The monoisotopic (exact) mass is 309 g/mol. The van der Waals surface area contributed by atoms with E-state index < -0.39 is 15.1 Å². The lowest BCUT2D eigenvalue weighted by Crippen LogP contribution is -2.27. The van der Waals surface area contributed by atoms with Gasteiger partial charge in [0.15, 0.2) is 0 Å². The lowest BCUT2D eigenvalue weighted by Gasteiger charge is -2.34. The summed E-state index contributed by atoms with van der Waals surface area (Å²) < 4.78 is 11.9. The number of rotatable bonds is 7. The summed E-state index contributed by atoms with van der Waals surface area (Å²) in [5, 5.41) is 9.31. The van der Waals surface area contributed by atoms with Crippen molar-refractivity contribution in [2.75, 3.05) is 6.61 Å². The molecule has 1 radical (unpaired) electrons. The Balaban J connectivity index is 2.97. The zero-order valence-electron chi connectivity index (χ0n) is 14.1. The molecule has 1 aromatic carbocycles. The number of benzene rings is 1. The maximum absolute atomic E-state index is 9.31. The van der Waals surface area contributed by atoms with Gasteiger partial charge in [0.05, 0.1) is 25.4 Å². The van der Waals surface area contributed by atoms with Gasteiger partial charge in [0, 0.05) is 0 Å². The van der Waals surface area contributed by atoms with Crippen molar-refractivity contribution in [2.45, 2.75) is 59.6 Å². The minimum Gasteiger partial charge on any atom is -0.410 e. The van der Waals surface area contributed by atoms with Crippen molar-refractivity contribution >= 4 is 9.04 Å². The highest BCUT2D eigenvalue weighted by Gasteiger charge is 2.29. The number of ether oxygens (including phenoxy) is 1. The minimum absolute atomic E-state index is 0.0301. The molecule has 1 aromatic rings. The fraction of sp³-hybridized carbons (Fsp3) is 0.647. The van der Waals surface area contributed by atoms with Crippen LogP contribution in [-0.2, 0) is 15.8 Å². The molecule has 2 atom stereocenters. The summed E-state index contributed by atoms with van der Waals surface area (Å²) >= 11 is 0. The Bertz CT molecular complexity index is 424. The van der Waals surface area contributed by atoms with E-state index in [0.29, 0.717) is 13.2 Å². The maximum atomic E-state index is 9.31. The standard InChI is InChI=1S/C17H29O3Si/c1-13(18)11-19-12-14-9-7-8-10-15(14)16(17(2,3)4)20-21(5)6/h7-10,13,16,18H,11-12H2,1-6H3. The lowest BCUT2D eigenvalue weighted by molar-refractivity contribution is 0.0346. The van der Waals surface area contributed by atoms with Gasteiger partial charge in [0.25, 0.3) is 0 Å². The molecule has 0 aromatic heterocycles. The highest BCUT2D eigenvalue weighted by molar-refractivity contribution is 6.48. The number of aliphatic hydroxyl groups excluding tert-OH is 1. The minimum atomic E-state index is -0.793. The zero-order valence-corrected chi connectivity index (χ0v) is 15.1. The van der Waals surface area contributed by atoms with Crippen LogP contribution in [0.5, 0.6) is 0 Å². The maximum Gasteiger partial charge on any atom is 0.205 e. The summed E-state index contributed by atoms with van der Waals surface area (Å²) in [5.74, 6) is 0. The first-order chi connectivity index (χ1) is 9.71. The zero-order chi connectivity index (χ0) is 16.0. The van der Waals surface area contributed by atoms with Crippen molar-refractivity contribution in [1.29, 1.82) is 0 Å². The average Bonchev–Trinajstić information content (AvgIpc) is 2.35. The molecule has 1 N–H and O–H groups in total. The quantitative estimate of drug-likeness (QED) is 0.775. The van der Waals surface area contributed by atoms with E-state index in [2.05, 4.69) is 46.0 Å². The molecule has 2 unspecified atom stereocenters. The van der Waals surface area contributed by atoms with Crippen LogP contribution in [0.25, 0.3) is 0 Å². The predicted molar refractivity (Wildman–Crippen MR) is 88.5 cm³/mol. The Labute approximate surface area is 131 Å². The highest BCUT2D eigenvalue weighted by Crippen LogP contribution is 2.38. The first kappa shape index (κ1) is 18.4. The molecule has 0 saturated carbocycles. The van der Waals surface area contributed by atoms with E-state index in [0.717, 1.165) is 5.56 Å². The average molecular weight is 310 g/mol. The van der Waals surface area contributed by atoms with Crippen molar-refractivity contribution in [3.63, 3.8) is 0 Å². The molecule has 0 aliphatic carbocycles. The second kappa shape index (κ2) is 8.08. The van der Waals surface area contributed by atoms with Gasteiger partial charge < -0.3 is 14.3 Å². The SMILES string of the molecule is CC(O)COCc1ccccc1C(O[Si](C)C)C(C)(C)C. The van der Waals surface area contributed by atoms with Crippen LogP contribution < -0.4 is 0 Å². The van der Waals surface area contributed by atoms with E-state index in [9.17, 15) is 5.11 Å². The van der Waals surface area contributed by atoms with Crippen molar-refractivity contribution < 1.29 is 14.3 Å². The second-order valence-electron chi connectivity index (χ2n) is 6.84. The van der Waals surface area contributed by atoms with E-state index in [1.54, 1.807) is 6.92 Å². The van der Waals surface area contributed by atoms with E-state index in [1.807, 2.05) is 12.1 Å². The van der Waals surface area contributed by atoms with Crippen LogP contribution in [0, 0.1) is 5.41 Å². The van der Waals surface area contributed by atoms with E-state index in [1.165, 1.54) is 5.56 Å². The molecule has 0 aliphatic heterocycles. The van der Waals surface area contributed by atoms with Crippen molar-refractivity contribution in [2.24, 2.45) is 5.41 Å². The molecule has 119 valence electrons. The molecule has 3 nitrogen and oxygen atoms in total. The van der Waals surface area contributed by atoms with Gasteiger partial charge in [-0.3, -0.25) is 0 Å². The van der Waals surface area contributed by atoms with Crippen LogP contribution in [0.1, 0.15) is 44.9 Å². The first-order valence-electron chi connectivity index (χ1n) is 7.52. The van der Waals surface area contributed by atoms with Crippen LogP contribution in [0.3, 0.4) is 0 Å². The molecule has 0 aliphatic rings. The van der Waals surface area contributed by atoms with Crippen LogP contribution >= 0.6 is 0 Å². The van der Waals surface area contributed by atoms with Crippen molar-refractivity contribution in [3.05, 3.63) is 35.4 Å². The number of aliphatic hydroxyl groups is 1. The first-order valence-corrected chi connectivity index (χ1v) is 9.93. The Morgan fingerprint density at radius 3 is 2.33 bits per heavy atom. The molecular formula is C17H29O3Si. The summed E-state index contributed by atoms with van der Waals surface area (Å²) in [6.07, 6.45) is -0.374. The highest BCUT2D eigenvalue weighted by atomic mass is 28.3. The topological polar surface area (TPSA) is 38.7 Å². The normalized spacial score (nSPS) is 15.2. The van der Waals surface area contributed by atoms with Gasteiger partial charge in [-0.15, -0.1) is 0 Å². The van der Waals surface area contributed by atoms with Gasteiger partial charge in [-0.05, 0) is 36.6 Å². The third kappa shape index (κ3) is 6.30. The van der Waals surface area contributed by atoms with Gasteiger partial charge in [0.2, 0.25) is 9.04 Å². The smallest absolute Gasteiger partial charge is 0.205 e. The summed E-state index contributed by atoms with van der Waals surface area (Å²) in [6, 6.07) is 8.28. The molecule has 0 fully saturated rings. The fourth-order valence-corrected chi connectivity index (χ4v) is 3.16. The van der Waals surface area contributed by atoms with Gasteiger partial charge in [-0.1, -0.05) is 45.0 Å². The van der Waals surface area contributed by atoms with Gasteiger partial charge in [-0.25, -0.2) is 0 Å². The molecule has 21 heavy (non-hydrogen) atoms. The van der Waals surface area contributed by atoms with Gasteiger partial charge >= 0.3 is 0 Å². The van der Waals surface area contributed by atoms with Crippen LogP contribution in [0.4, 0.5) is 0 Å². The van der Waals surface area contributed by atoms with E-state index in [-0.39, 0.29) is 11.5 Å². The molecule has 4 heteroatoms. The molecule has 0 saturated heterocycles. The Hall–Kier alpha value is -0.683. The van der Waals surface area contributed by atoms with Gasteiger partial charge in [-0.2, -0.15) is 0 Å². The van der Waals surface area contributed by atoms with Crippen molar-refractivity contribution in [3.8, 4) is 0 Å². The third-order valence-corrected chi connectivity index (χ3v) is 3.80. The van der Waals surface area contributed by atoms with Crippen molar-refractivity contribution in [1.82, 2.24) is 0 Å². The third-order valence-electron chi connectivity index (χ3n) is 3.09. The fourth-order valence-electron chi connectivity index (χ4n) is 2.20. The molecular weight excluding hydrogens is 280 g/mol. The lowest BCUT2D eigenvalue weighted by atomic mass is 9.83. The van der Waals surface area contributed by atoms with E-state index >= 15 is 0 Å². The largest absolute Gasteiger partial charge is 0.410 e. The van der Waals surface area contributed by atoms with Crippen LogP contribution in [0.2, 0.25) is 13.1 Å². The number of hydrogen-bond acceptors (Lipinski definition) is 3. The molecule has 0 spiro atoms. The molecule has 0 bridgehead atoms. The Kier molecular flexibility index (Phi) is 7.07. The van der Waals surface area contributed by atoms with Crippen LogP contribution in [-0.4, -0.2) is 26.9 Å². The summed E-state index contributed by atoms with van der Waals surface area (Å²) in [7, 11) is -0.793. The Morgan fingerprint density at radius 1 is 1.19 bits per heavy atom. The second-order valence-corrected chi connectivity index (χ2v) is 8.89.